The Bertz CT molecular complexity index is 380. The van der Waals surface area contributed by atoms with Crippen LogP contribution >= 0.6 is 0 Å². The third-order valence-electron chi connectivity index (χ3n) is 1.40. The zero-order valence-electron chi connectivity index (χ0n) is 6.85. The Hall–Kier alpha value is -2.02. The molecule has 1 aromatic carbocycles. The molecule has 0 saturated carbocycles. The summed E-state index contributed by atoms with van der Waals surface area (Å²) < 4.78 is 12.6. The highest BCUT2D eigenvalue weighted by molar-refractivity contribution is 5.66. The average molecular weight is 199 g/mol. The normalized spacial score (nSPS) is 10.4. The second kappa shape index (κ2) is 4.28. The summed E-state index contributed by atoms with van der Waals surface area (Å²) in [6, 6.07) is 2.93. The maximum absolute atomic E-state index is 12.6. The molecule has 0 bridgehead atoms. The van der Waals surface area contributed by atoms with Crippen molar-refractivity contribution in [3.63, 3.8) is 0 Å². The molecule has 0 aliphatic rings. The number of nitrogens with one attached hydrogen (secondary N) is 1. The van der Waals surface area contributed by atoms with E-state index in [9.17, 15) is 14.5 Å². The smallest absolute Gasteiger partial charge is 0.290 e. The van der Waals surface area contributed by atoms with Crippen LogP contribution in [0.15, 0.2) is 23.2 Å². The predicted molar refractivity (Wildman–Crippen MR) is 46.1 cm³/mol. The van der Waals surface area contributed by atoms with Gasteiger partial charge in [0.05, 0.1) is 11.0 Å². The van der Waals surface area contributed by atoms with Crippen LogP contribution in [0.5, 0.6) is 0 Å². The highest BCUT2D eigenvalue weighted by Gasteiger charge is 2.13. The number of hydrogen-bond donors (Lipinski definition) is 2. The second-order valence-electron chi connectivity index (χ2n) is 2.28. The van der Waals surface area contributed by atoms with Gasteiger partial charge in [-0.15, -0.1) is 0 Å². The molecular weight excluding hydrogens is 193 g/mol. The summed E-state index contributed by atoms with van der Waals surface area (Å²) in [5.41, 5.74) is 1.08. The lowest BCUT2D eigenvalue weighted by Crippen LogP contribution is -2.01. The van der Waals surface area contributed by atoms with Gasteiger partial charge in [0, 0.05) is 0 Å². The van der Waals surface area contributed by atoms with Gasteiger partial charge in [-0.3, -0.25) is 20.8 Å². The number of nitrogens with zero attached hydrogens (tertiary/aromatic N) is 2. The fraction of sp³-hybridized carbons (Fsp3) is 0. The van der Waals surface area contributed by atoms with Gasteiger partial charge < -0.3 is 0 Å². The summed E-state index contributed by atoms with van der Waals surface area (Å²) in [5, 5.41) is 18.6. The molecule has 0 spiro atoms. The summed E-state index contributed by atoms with van der Waals surface area (Å²) >= 11 is 0. The third kappa shape index (κ3) is 2.23. The summed E-state index contributed by atoms with van der Waals surface area (Å²) in [4.78, 5) is 13.2. The van der Waals surface area contributed by atoms with Crippen LogP contribution in [-0.2, 0) is 0 Å². The molecule has 7 heteroatoms. The number of halogens is 1. The molecule has 0 radical (unpaired) electrons. The van der Waals surface area contributed by atoms with Crippen molar-refractivity contribution < 1.29 is 14.5 Å². The van der Waals surface area contributed by atoms with Gasteiger partial charge in [-0.1, -0.05) is 0 Å². The first kappa shape index (κ1) is 10.1. The van der Waals surface area contributed by atoms with Crippen molar-refractivity contribution in [3.05, 3.63) is 34.1 Å². The Morgan fingerprint density at radius 3 is 2.93 bits per heavy atom. The number of nitro benzene ring substituents is 1. The quantitative estimate of drug-likeness (QED) is 0.333. The molecule has 74 valence electrons. The molecular formula is C7H6FN3O3. The summed E-state index contributed by atoms with van der Waals surface area (Å²) in [7, 11) is 0. The Morgan fingerprint density at radius 1 is 1.64 bits per heavy atom. The molecule has 0 aliphatic carbocycles. The third-order valence-corrected chi connectivity index (χ3v) is 1.40. The van der Waals surface area contributed by atoms with Gasteiger partial charge in [0.2, 0.25) is 0 Å². The van der Waals surface area contributed by atoms with E-state index in [0.717, 1.165) is 24.5 Å². The van der Waals surface area contributed by atoms with Crippen LogP contribution in [0.25, 0.3) is 0 Å². The van der Waals surface area contributed by atoms with Crippen molar-refractivity contribution in [2.24, 2.45) is 4.99 Å². The molecule has 1 rings (SSSR count). The van der Waals surface area contributed by atoms with E-state index in [1.165, 1.54) is 0 Å². The van der Waals surface area contributed by atoms with Gasteiger partial charge in [-0.05, 0) is 12.1 Å². The van der Waals surface area contributed by atoms with Crippen LogP contribution in [0, 0.1) is 15.9 Å². The number of hydroxylamine groups is 1. The molecule has 0 heterocycles. The van der Waals surface area contributed by atoms with Crippen LogP contribution < -0.4 is 5.48 Å². The second-order valence-corrected chi connectivity index (χ2v) is 2.28. The van der Waals surface area contributed by atoms with Crippen molar-refractivity contribution in [2.45, 2.75) is 0 Å². The fourth-order valence-corrected chi connectivity index (χ4v) is 0.850. The highest BCUT2D eigenvalue weighted by atomic mass is 19.1. The monoisotopic (exact) mass is 199 g/mol. The van der Waals surface area contributed by atoms with Crippen molar-refractivity contribution in [3.8, 4) is 0 Å². The molecule has 0 unspecified atom stereocenters. The molecule has 6 nitrogen and oxygen atoms in total. The Balaban J connectivity index is 3.15. The summed E-state index contributed by atoms with van der Waals surface area (Å²) in [6.07, 6.45) is 0.847. The number of nitro groups is 1. The lowest BCUT2D eigenvalue weighted by Gasteiger charge is -1.96. The van der Waals surface area contributed by atoms with E-state index in [4.69, 9.17) is 5.21 Å². The minimum atomic E-state index is -0.757. The zero-order valence-corrected chi connectivity index (χ0v) is 6.85. The Morgan fingerprint density at radius 2 is 2.36 bits per heavy atom. The van der Waals surface area contributed by atoms with E-state index in [1.54, 1.807) is 5.48 Å². The average Bonchev–Trinajstić information content (AvgIpc) is 2.15. The maximum atomic E-state index is 12.6. The fourth-order valence-electron chi connectivity index (χ4n) is 0.850. The van der Waals surface area contributed by atoms with Crippen LogP contribution in [-0.4, -0.2) is 16.5 Å². The van der Waals surface area contributed by atoms with Gasteiger partial charge in [-0.25, -0.2) is 9.38 Å². The molecule has 0 atom stereocenters. The molecule has 0 saturated heterocycles. The maximum Gasteiger partial charge on any atom is 0.297 e. The van der Waals surface area contributed by atoms with Crippen LogP contribution in [0.3, 0.4) is 0 Å². The number of rotatable bonds is 3. The summed E-state index contributed by atoms with van der Waals surface area (Å²) in [5.74, 6) is -0.715. The predicted octanol–water partition coefficient (Wildman–Crippen LogP) is 1.37. The molecule has 0 aliphatic heterocycles. The van der Waals surface area contributed by atoms with E-state index in [0.29, 0.717) is 0 Å². The SMILES string of the molecule is O=[N+]([O-])c1cc(F)ccc1N=CNO. The molecule has 1 aromatic rings. The summed E-state index contributed by atoms with van der Waals surface area (Å²) in [6.45, 7) is 0. The molecule has 0 aromatic heterocycles. The zero-order chi connectivity index (χ0) is 10.6. The number of hydrogen-bond acceptors (Lipinski definition) is 4. The standard InChI is InChI=1S/C7H6FN3O3/c8-5-1-2-6(9-4-10-12)7(3-5)11(13)14/h1-4,12H,(H,9,10). The highest BCUT2D eigenvalue weighted by Crippen LogP contribution is 2.27. The van der Waals surface area contributed by atoms with Crippen molar-refractivity contribution >= 4 is 17.7 Å². The van der Waals surface area contributed by atoms with Crippen molar-refractivity contribution in [2.75, 3.05) is 0 Å². The Kier molecular flexibility index (Phi) is 3.08. The van der Waals surface area contributed by atoms with E-state index in [2.05, 4.69) is 4.99 Å². The molecule has 0 fully saturated rings. The van der Waals surface area contributed by atoms with Gasteiger partial charge >= 0.3 is 0 Å². The van der Waals surface area contributed by atoms with Gasteiger partial charge in [0.25, 0.3) is 5.69 Å². The van der Waals surface area contributed by atoms with Crippen molar-refractivity contribution in [1.82, 2.24) is 5.48 Å². The van der Waals surface area contributed by atoms with E-state index < -0.39 is 16.4 Å². The van der Waals surface area contributed by atoms with Crippen molar-refractivity contribution in [1.29, 1.82) is 0 Å². The molecule has 0 amide bonds. The van der Waals surface area contributed by atoms with E-state index in [-0.39, 0.29) is 5.69 Å². The first-order valence-electron chi connectivity index (χ1n) is 3.51. The Labute approximate surface area is 77.8 Å². The molecule has 2 N–H and O–H groups in total. The number of aliphatic imine (C=N–C) groups is 1. The van der Waals surface area contributed by atoms with Crippen LogP contribution in [0.2, 0.25) is 0 Å². The number of benzene rings is 1. The molecule has 14 heavy (non-hydrogen) atoms. The van der Waals surface area contributed by atoms with Crippen LogP contribution in [0.4, 0.5) is 15.8 Å². The van der Waals surface area contributed by atoms with E-state index in [1.807, 2.05) is 0 Å². The largest absolute Gasteiger partial charge is 0.297 e. The van der Waals surface area contributed by atoms with Gasteiger partial charge in [-0.2, -0.15) is 0 Å². The van der Waals surface area contributed by atoms with E-state index >= 15 is 0 Å². The van der Waals surface area contributed by atoms with Gasteiger partial charge in [0.1, 0.15) is 17.8 Å². The first-order chi connectivity index (χ1) is 6.65. The topological polar surface area (TPSA) is 87.8 Å². The minimum Gasteiger partial charge on any atom is -0.290 e. The van der Waals surface area contributed by atoms with Crippen LogP contribution in [0.1, 0.15) is 0 Å². The lowest BCUT2D eigenvalue weighted by molar-refractivity contribution is -0.384. The lowest BCUT2D eigenvalue weighted by atomic mass is 10.2. The minimum absolute atomic E-state index is 0.0436. The first-order valence-corrected chi connectivity index (χ1v) is 3.51. The van der Waals surface area contributed by atoms with Gasteiger partial charge in [0.15, 0.2) is 0 Å².